The van der Waals surface area contributed by atoms with Gasteiger partial charge in [0.15, 0.2) is 5.78 Å². The van der Waals surface area contributed by atoms with E-state index in [0.29, 0.717) is 23.9 Å². The summed E-state index contributed by atoms with van der Waals surface area (Å²) in [6, 6.07) is 12.8. The molecule has 0 radical (unpaired) electrons. The molecule has 184 valence electrons. The van der Waals surface area contributed by atoms with Crippen LogP contribution in [-0.4, -0.2) is 60.1 Å². The fourth-order valence-electron chi connectivity index (χ4n) is 6.64. The number of hydrogen-bond acceptors (Lipinski definition) is 5. The van der Waals surface area contributed by atoms with Crippen molar-refractivity contribution in [1.82, 2.24) is 9.88 Å². The van der Waals surface area contributed by atoms with Crippen molar-refractivity contribution >= 4 is 28.1 Å². The van der Waals surface area contributed by atoms with Crippen LogP contribution in [0.15, 0.2) is 36.4 Å². The highest BCUT2D eigenvalue weighted by atomic mass is 16.5. The summed E-state index contributed by atoms with van der Waals surface area (Å²) in [5.41, 5.74) is 12.3. The molecule has 2 fully saturated rings. The van der Waals surface area contributed by atoms with Crippen LogP contribution in [-0.2, 0) is 10.2 Å². The number of aromatic nitrogens is 1. The number of ketones is 1. The number of morpholine rings is 1. The number of nitrogens with two attached hydrogens (primary N) is 1. The van der Waals surface area contributed by atoms with Crippen LogP contribution in [0, 0.1) is 0 Å². The van der Waals surface area contributed by atoms with Gasteiger partial charge in [0.25, 0.3) is 0 Å². The zero-order valence-electron chi connectivity index (χ0n) is 21.2. The third-order valence-electron chi connectivity index (χ3n) is 8.39. The molecule has 0 spiro atoms. The smallest absolute Gasteiger partial charge is 0.195 e. The van der Waals surface area contributed by atoms with Crippen molar-refractivity contribution in [1.29, 1.82) is 0 Å². The molecule has 35 heavy (non-hydrogen) atoms. The summed E-state index contributed by atoms with van der Waals surface area (Å²) < 4.78 is 5.94. The molecule has 0 saturated carbocycles. The Labute approximate surface area is 207 Å². The van der Waals surface area contributed by atoms with Gasteiger partial charge in [-0.05, 0) is 62.6 Å². The number of aromatic amines is 1. The van der Waals surface area contributed by atoms with Gasteiger partial charge in [-0.1, -0.05) is 19.9 Å². The second-order valence-corrected chi connectivity index (χ2v) is 11.3. The number of ether oxygens (including phenoxy) is 1. The van der Waals surface area contributed by atoms with Crippen LogP contribution in [0.5, 0.6) is 0 Å². The molecule has 2 atom stereocenters. The van der Waals surface area contributed by atoms with Gasteiger partial charge in [0.1, 0.15) is 0 Å². The predicted molar refractivity (Wildman–Crippen MR) is 142 cm³/mol. The maximum absolute atomic E-state index is 13.6. The maximum atomic E-state index is 13.6. The van der Waals surface area contributed by atoms with E-state index in [1.807, 2.05) is 24.3 Å². The van der Waals surface area contributed by atoms with Gasteiger partial charge in [-0.3, -0.25) is 9.69 Å². The first-order valence-electron chi connectivity index (χ1n) is 13.0. The summed E-state index contributed by atoms with van der Waals surface area (Å²) in [6.07, 6.45) is 2.94. The molecule has 3 heterocycles. The van der Waals surface area contributed by atoms with Crippen LogP contribution in [0.3, 0.4) is 0 Å². The molecule has 0 unspecified atom stereocenters. The SMILES string of the molecule is C[C@@H]1CN(C2CCN(c3ccc4c(c3)C(C)(C)c3[nH]c5cc(N)ccc5c3C4=O)CC2)C[C@H](C)O1. The number of carbonyl (C=O) groups is 1. The highest BCUT2D eigenvalue weighted by Gasteiger charge is 2.40. The predicted octanol–water partition coefficient (Wildman–Crippen LogP) is 4.70. The summed E-state index contributed by atoms with van der Waals surface area (Å²) in [6.45, 7) is 12.9. The average molecular weight is 473 g/mol. The molecule has 1 aliphatic carbocycles. The molecule has 6 heteroatoms. The molecule has 2 aliphatic heterocycles. The minimum Gasteiger partial charge on any atom is -0.399 e. The molecule has 6 rings (SSSR count). The standard InChI is InChI=1S/C29H36N4O2/c1-17-15-33(16-18(2)35-17)20-9-11-32(12-10-20)21-6-8-22-24(14-21)29(3,4)28-26(27(22)34)23-7-5-19(30)13-25(23)31-28/h5-8,13-14,17-18,20,31H,9-12,15-16,30H2,1-4H3/t17-,18+. The Morgan fingerprint density at radius 1 is 1.03 bits per heavy atom. The molecule has 6 nitrogen and oxygen atoms in total. The fraction of sp³-hybridized carbons (Fsp3) is 0.483. The van der Waals surface area contributed by atoms with Gasteiger partial charge >= 0.3 is 0 Å². The normalized spacial score (nSPS) is 25.0. The lowest BCUT2D eigenvalue weighted by Gasteiger charge is -2.44. The molecule has 3 aromatic rings. The highest BCUT2D eigenvalue weighted by molar-refractivity contribution is 6.20. The summed E-state index contributed by atoms with van der Waals surface area (Å²) in [5, 5.41) is 0.954. The lowest BCUT2D eigenvalue weighted by molar-refractivity contribution is -0.0826. The van der Waals surface area contributed by atoms with E-state index in [-0.39, 0.29) is 11.2 Å². The van der Waals surface area contributed by atoms with E-state index >= 15 is 0 Å². The average Bonchev–Trinajstić information content (AvgIpc) is 3.22. The number of nitrogens with zero attached hydrogens (tertiary/aromatic N) is 2. The number of nitrogen functional groups attached to an aromatic ring is 1. The Morgan fingerprint density at radius 3 is 2.46 bits per heavy atom. The van der Waals surface area contributed by atoms with Gasteiger partial charge in [0.05, 0.1) is 17.8 Å². The van der Waals surface area contributed by atoms with Crippen LogP contribution in [0.2, 0.25) is 0 Å². The lowest BCUT2D eigenvalue weighted by atomic mass is 9.71. The number of piperidine rings is 1. The molecule has 1 aromatic heterocycles. The number of fused-ring (bicyclic) bond motifs is 4. The summed E-state index contributed by atoms with van der Waals surface area (Å²) in [5.74, 6) is 0.103. The minimum absolute atomic E-state index is 0.103. The van der Waals surface area contributed by atoms with Crippen LogP contribution in [0.25, 0.3) is 10.9 Å². The number of carbonyl (C=O) groups excluding carboxylic acids is 1. The van der Waals surface area contributed by atoms with Gasteiger partial charge in [-0.15, -0.1) is 0 Å². The fourth-order valence-corrected chi connectivity index (χ4v) is 6.64. The van der Waals surface area contributed by atoms with Gasteiger partial charge in [-0.2, -0.15) is 0 Å². The first-order chi connectivity index (χ1) is 16.7. The first-order valence-corrected chi connectivity index (χ1v) is 13.0. The Bertz CT molecular complexity index is 1290. The molecular weight excluding hydrogens is 436 g/mol. The zero-order chi connectivity index (χ0) is 24.5. The number of H-pyrrole nitrogens is 1. The van der Waals surface area contributed by atoms with E-state index in [9.17, 15) is 4.79 Å². The Morgan fingerprint density at radius 2 is 1.74 bits per heavy atom. The van der Waals surface area contributed by atoms with Crippen molar-refractivity contribution in [2.75, 3.05) is 36.8 Å². The van der Waals surface area contributed by atoms with Crippen LogP contribution in [0.1, 0.15) is 67.7 Å². The third kappa shape index (κ3) is 3.66. The minimum atomic E-state index is -0.305. The lowest BCUT2D eigenvalue weighted by Crippen LogP contribution is -2.53. The Kier molecular flexibility index (Phi) is 5.24. The van der Waals surface area contributed by atoms with Crippen molar-refractivity contribution in [3.63, 3.8) is 0 Å². The Balaban J connectivity index is 1.27. The van der Waals surface area contributed by atoms with E-state index in [2.05, 4.69) is 54.6 Å². The molecule has 3 N–H and O–H groups in total. The van der Waals surface area contributed by atoms with Crippen molar-refractivity contribution in [3.8, 4) is 0 Å². The highest BCUT2D eigenvalue weighted by Crippen LogP contribution is 2.45. The third-order valence-corrected chi connectivity index (χ3v) is 8.39. The van der Waals surface area contributed by atoms with Crippen molar-refractivity contribution < 1.29 is 9.53 Å². The number of benzene rings is 2. The molecule has 0 bridgehead atoms. The second kappa shape index (κ2) is 8.10. The van der Waals surface area contributed by atoms with E-state index in [0.717, 1.165) is 72.3 Å². The van der Waals surface area contributed by atoms with Crippen LogP contribution >= 0.6 is 0 Å². The summed E-state index contributed by atoms with van der Waals surface area (Å²) in [7, 11) is 0. The molecular formula is C29H36N4O2. The number of anilines is 2. The molecule has 2 aromatic carbocycles. The number of nitrogens with one attached hydrogen (secondary N) is 1. The van der Waals surface area contributed by atoms with Gasteiger partial charge in [0, 0.05) is 71.2 Å². The summed E-state index contributed by atoms with van der Waals surface area (Å²) in [4.78, 5) is 22.3. The van der Waals surface area contributed by atoms with Crippen LogP contribution < -0.4 is 10.6 Å². The zero-order valence-corrected chi connectivity index (χ0v) is 21.2. The molecule has 2 saturated heterocycles. The number of rotatable bonds is 2. The van der Waals surface area contributed by atoms with Gasteiger partial charge in [-0.25, -0.2) is 0 Å². The van der Waals surface area contributed by atoms with Gasteiger partial charge in [0.2, 0.25) is 0 Å². The van der Waals surface area contributed by atoms with E-state index in [1.165, 1.54) is 5.69 Å². The van der Waals surface area contributed by atoms with Gasteiger partial charge < -0.3 is 20.4 Å². The van der Waals surface area contributed by atoms with Crippen molar-refractivity contribution in [2.24, 2.45) is 0 Å². The van der Waals surface area contributed by atoms with E-state index in [4.69, 9.17) is 10.5 Å². The largest absolute Gasteiger partial charge is 0.399 e. The molecule has 0 amide bonds. The molecule has 3 aliphatic rings. The van der Waals surface area contributed by atoms with Crippen molar-refractivity contribution in [2.45, 2.75) is 64.2 Å². The topological polar surface area (TPSA) is 74.6 Å². The van der Waals surface area contributed by atoms with Crippen LogP contribution in [0.4, 0.5) is 11.4 Å². The van der Waals surface area contributed by atoms with E-state index in [1.54, 1.807) is 0 Å². The summed E-state index contributed by atoms with van der Waals surface area (Å²) >= 11 is 0. The maximum Gasteiger partial charge on any atom is 0.195 e. The number of hydrogen-bond donors (Lipinski definition) is 2. The first kappa shape index (κ1) is 22.6. The Hall–Kier alpha value is -2.83. The second-order valence-electron chi connectivity index (χ2n) is 11.3. The van der Waals surface area contributed by atoms with E-state index < -0.39 is 0 Å². The van der Waals surface area contributed by atoms with Crippen molar-refractivity contribution in [3.05, 3.63) is 58.8 Å². The quantitative estimate of drug-likeness (QED) is 0.529. The monoisotopic (exact) mass is 472 g/mol.